The molecule has 2 aromatic carbocycles. The molecule has 3 aliphatic rings. The van der Waals surface area contributed by atoms with Crippen molar-refractivity contribution in [2.75, 3.05) is 45.3 Å². The Labute approximate surface area is 308 Å². The lowest BCUT2D eigenvalue weighted by molar-refractivity contribution is -0.149. The highest BCUT2D eigenvalue weighted by atomic mass is 16.5. The largest absolute Gasteiger partial charge is 0.496 e. The first-order valence-electron chi connectivity index (χ1n) is 18.2. The Hall–Kier alpha value is -5.27. The summed E-state index contributed by atoms with van der Waals surface area (Å²) in [5.74, 6) is 1.66. The number of aliphatic hydroxyl groups excluding tert-OH is 1. The van der Waals surface area contributed by atoms with Gasteiger partial charge in [0.2, 0.25) is 18.2 Å². The molecule has 13 heteroatoms. The predicted octanol–water partition coefficient (Wildman–Crippen LogP) is 3.77. The molecule has 3 saturated heterocycles. The number of nitrogens with one attached hydrogen (secondary N) is 1. The zero-order valence-electron chi connectivity index (χ0n) is 30.6. The highest BCUT2D eigenvalue weighted by molar-refractivity contribution is 6.01. The number of likely N-dealkylation sites (tertiary alicyclic amines) is 1. The number of aryl methyl sites for hydroxylation is 2. The number of benzene rings is 2. The second-order valence-electron chi connectivity index (χ2n) is 14.3. The number of nitrogens with zero attached hydrogens (tertiary/aromatic N) is 5. The van der Waals surface area contributed by atoms with E-state index in [1.54, 1.807) is 32.0 Å². The van der Waals surface area contributed by atoms with E-state index in [0.717, 1.165) is 89.4 Å². The second kappa shape index (κ2) is 15.0. The molecule has 0 aliphatic carbocycles. The van der Waals surface area contributed by atoms with E-state index in [0.29, 0.717) is 41.3 Å². The van der Waals surface area contributed by atoms with Crippen molar-refractivity contribution < 1.29 is 29.0 Å². The lowest BCUT2D eigenvalue weighted by Crippen LogP contribution is -2.53. The van der Waals surface area contributed by atoms with Gasteiger partial charge in [-0.1, -0.05) is 18.2 Å². The van der Waals surface area contributed by atoms with Crippen molar-refractivity contribution in [1.29, 1.82) is 0 Å². The van der Waals surface area contributed by atoms with Gasteiger partial charge >= 0.3 is 0 Å². The summed E-state index contributed by atoms with van der Waals surface area (Å²) in [5.41, 5.74) is 5.18. The van der Waals surface area contributed by atoms with Crippen LogP contribution < -0.4 is 25.2 Å². The lowest BCUT2D eigenvalue weighted by atomic mass is 9.87. The number of fused-ring (bicyclic) bond motifs is 1. The molecule has 2 atom stereocenters. The number of aliphatic hydroxyl groups is 1. The SMILES string of the molecule is COc1cc(-c2cn(C)c(=O)c3cnc(N4CCC4)cc23)cc(OC)c1CN1CCC(c2ccc(C(O)N(C=O)C3CCC(=O)NC3=O)c(C)c2)CC1. The minimum atomic E-state index is -1.31. The molecule has 0 spiro atoms. The van der Waals surface area contributed by atoms with E-state index in [-0.39, 0.29) is 24.3 Å². The summed E-state index contributed by atoms with van der Waals surface area (Å²) in [5, 5.41) is 14.8. The molecular weight excluding hydrogens is 676 g/mol. The molecule has 0 saturated carbocycles. The number of carbonyl (C=O) groups is 3. The van der Waals surface area contributed by atoms with E-state index in [9.17, 15) is 24.3 Å². The minimum absolute atomic E-state index is 0.0941. The summed E-state index contributed by atoms with van der Waals surface area (Å²) >= 11 is 0. The molecular formula is C40H46N6O7. The average molecular weight is 723 g/mol. The van der Waals surface area contributed by atoms with Crippen molar-refractivity contribution in [3.63, 3.8) is 0 Å². The average Bonchev–Trinajstić information content (AvgIpc) is 3.13. The highest BCUT2D eigenvalue weighted by Crippen LogP contribution is 2.40. The molecule has 53 heavy (non-hydrogen) atoms. The lowest BCUT2D eigenvalue weighted by Gasteiger charge is -2.35. The third-order valence-corrected chi connectivity index (χ3v) is 11.1. The standard InChI is InChI=1S/C40H46N6O7/c1-24-16-26(6-7-28(24)40(51)46(23-47)33-8-9-37(48)42-38(33)49)25-10-14-44(15-11-25)22-32-34(52-3)17-27(18-35(32)53-4)31-21-43(2)39(50)30-20-41-36(19-29(30)31)45-12-5-13-45/h6-7,16-21,23,25,33,40,51H,5,8-15,22H2,1-4H3,(H,42,48,49). The number of hydrogen-bond donors (Lipinski definition) is 2. The molecule has 3 fully saturated rings. The Bertz CT molecular complexity index is 2100. The van der Waals surface area contributed by atoms with Crippen LogP contribution in [0.4, 0.5) is 5.82 Å². The van der Waals surface area contributed by atoms with Gasteiger partial charge in [0, 0.05) is 62.0 Å². The molecule has 0 bridgehead atoms. The van der Waals surface area contributed by atoms with Gasteiger partial charge in [0.1, 0.15) is 23.4 Å². The number of rotatable bonds is 11. The van der Waals surface area contributed by atoms with Gasteiger partial charge in [-0.3, -0.25) is 29.4 Å². The van der Waals surface area contributed by atoms with E-state index in [1.807, 2.05) is 43.5 Å². The van der Waals surface area contributed by atoms with Crippen molar-refractivity contribution >= 4 is 34.8 Å². The normalized spacial score (nSPS) is 18.7. The molecule has 5 heterocycles. The second-order valence-corrected chi connectivity index (χ2v) is 14.3. The molecule has 4 aromatic rings. The highest BCUT2D eigenvalue weighted by Gasteiger charge is 2.35. The number of imide groups is 1. The number of anilines is 1. The van der Waals surface area contributed by atoms with Crippen LogP contribution >= 0.6 is 0 Å². The monoisotopic (exact) mass is 722 g/mol. The fourth-order valence-electron chi connectivity index (χ4n) is 7.91. The van der Waals surface area contributed by atoms with Crippen molar-refractivity contribution in [3.05, 3.63) is 81.4 Å². The minimum Gasteiger partial charge on any atom is -0.496 e. The summed E-state index contributed by atoms with van der Waals surface area (Å²) in [6.07, 6.45) is 5.99. The van der Waals surface area contributed by atoms with Crippen molar-refractivity contribution in [3.8, 4) is 22.6 Å². The molecule has 2 N–H and O–H groups in total. The zero-order chi connectivity index (χ0) is 37.4. The summed E-state index contributed by atoms with van der Waals surface area (Å²) < 4.78 is 13.5. The number of aromatic nitrogens is 2. The van der Waals surface area contributed by atoms with Crippen molar-refractivity contribution in [2.45, 2.75) is 63.8 Å². The number of hydrogen-bond acceptors (Lipinski definition) is 10. The number of ether oxygens (including phenoxy) is 2. The number of piperidine rings is 2. The third-order valence-electron chi connectivity index (χ3n) is 11.1. The van der Waals surface area contributed by atoms with Gasteiger partial charge in [-0.25, -0.2) is 4.98 Å². The van der Waals surface area contributed by atoms with Crippen molar-refractivity contribution in [1.82, 2.24) is 24.7 Å². The van der Waals surface area contributed by atoms with Gasteiger partial charge in [-0.15, -0.1) is 0 Å². The Morgan fingerprint density at radius 3 is 2.32 bits per heavy atom. The molecule has 2 aromatic heterocycles. The van der Waals surface area contributed by atoms with Gasteiger partial charge in [0.25, 0.3) is 5.56 Å². The molecule has 7 rings (SSSR count). The van der Waals surface area contributed by atoms with Crippen LogP contribution in [0.25, 0.3) is 21.9 Å². The van der Waals surface area contributed by atoms with Crippen LogP contribution in [0.1, 0.15) is 66.5 Å². The smallest absolute Gasteiger partial charge is 0.259 e. The predicted molar refractivity (Wildman–Crippen MR) is 200 cm³/mol. The zero-order valence-corrected chi connectivity index (χ0v) is 30.6. The fraction of sp³-hybridized carbons (Fsp3) is 0.425. The quantitative estimate of drug-likeness (QED) is 0.133. The number of pyridine rings is 2. The van der Waals surface area contributed by atoms with Gasteiger partial charge in [0.05, 0.1) is 25.2 Å². The maximum atomic E-state index is 13.1. The van der Waals surface area contributed by atoms with Crippen LogP contribution in [0.15, 0.2) is 53.6 Å². The molecule has 3 amide bonds. The van der Waals surface area contributed by atoms with Crippen LogP contribution in [0, 0.1) is 6.92 Å². The number of carbonyl (C=O) groups excluding carboxylic acids is 3. The summed E-state index contributed by atoms with van der Waals surface area (Å²) in [6, 6.07) is 11.0. The van der Waals surface area contributed by atoms with Crippen LogP contribution in [-0.4, -0.2) is 89.1 Å². The maximum absolute atomic E-state index is 13.1. The Kier molecular flexibility index (Phi) is 10.2. The fourth-order valence-corrected chi connectivity index (χ4v) is 7.91. The number of amides is 3. The first-order chi connectivity index (χ1) is 25.6. The first-order valence-corrected chi connectivity index (χ1v) is 18.2. The van der Waals surface area contributed by atoms with E-state index in [2.05, 4.69) is 26.2 Å². The van der Waals surface area contributed by atoms with Gasteiger partial charge in [-0.05, 0) is 86.5 Å². The number of methoxy groups -OCH3 is 2. The third kappa shape index (κ3) is 6.98. The van der Waals surface area contributed by atoms with Crippen LogP contribution in [0.3, 0.4) is 0 Å². The summed E-state index contributed by atoms with van der Waals surface area (Å²) in [4.78, 5) is 59.4. The molecule has 2 unspecified atom stereocenters. The Balaban J connectivity index is 1.07. The van der Waals surface area contributed by atoms with E-state index in [4.69, 9.17) is 9.47 Å². The van der Waals surface area contributed by atoms with Gasteiger partial charge in [-0.2, -0.15) is 0 Å². The molecule has 278 valence electrons. The van der Waals surface area contributed by atoms with E-state index < -0.39 is 18.2 Å². The van der Waals surface area contributed by atoms with Crippen molar-refractivity contribution in [2.24, 2.45) is 7.05 Å². The topological polar surface area (TPSA) is 147 Å². The van der Waals surface area contributed by atoms with Crippen LogP contribution in [-0.2, 0) is 28.0 Å². The molecule has 13 nitrogen and oxygen atoms in total. The Morgan fingerprint density at radius 1 is 1.00 bits per heavy atom. The molecule has 0 radical (unpaired) electrons. The van der Waals surface area contributed by atoms with E-state index >= 15 is 0 Å². The molecule has 3 aliphatic heterocycles. The van der Waals surface area contributed by atoms with Crippen LogP contribution in [0.2, 0.25) is 0 Å². The Morgan fingerprint density at radius 2 is 1.72 bits per heavy atom. The van der Waals surface area contributed by atoms with Crippen LogP contribution in [0.5, 0.6) is 11.5 Å². The first kappa shape index (κ1) is 36.1. The summed E-state index contributed by atoms with van der Waals surface area (Å²) in [6.45, 7) is 6.16. The van der Waals surface area contributed by atoms with Gasteiger partial charge < -0.3 is 28.9 Å². The van der Waals surface area contributed by atoms with E-state index in [1.165, 1.54) is 0 Å². The maximum Gasteiger partial charge on any atom is 0.259 e. The van der Waals surface area contributed by atoms with Gasteiger partial charge in [0.15, 0.2) is 6.23 Å². The summed E-state index contributed by atoms with van der Waals surface area (Å²) in [7, 11) is 5.09.